The van der Waals surface area contributed by atoms with Gasteiger partial charge in [0.25, 0.3) is 0 Å². The highest BCUT2D eigenvalue weighted by Crippen LogP contribution is 2.34. The second-order valence-electron chi connectivity index (χ2n) is 4.18. The Hall–Kier alpha value is -1.09. The normalized spacial score (nSPS) is 19.4. The molecule has 1 aliphatic rings. The number of rotatable bonds is 3. The van der Waals surface area contributed by atoms with Gasteiger partial charge in [-0.25, -0.2) is 4.39 Å². The lowest BCUT2D eigenvalue weighted by atomic mass is 9.96. The van der Waals surface area contributed by atoms with Crippen LogP contribution in [-0.2, 0) is 0 Å². The van der Waals surface area contributed by atoms with E-state index < -0.39 is 0 Å². The number of hydrogen-bond donors (Lipinski definition) is 1. The van der Waals surface area contributed by atoms with E-state index in [1.807, 2.05) is 6.07 Å². The lowest BCUT2D eigenvalue weighted by Gasteiger charge is -2.35. The minimum absolute atomic E-state index is 0.139. The van der Waals surface area contributed by atoms with Crippen LogP contribution in [0.3, 0.4) is 0 Å². The van der Waals surface area contributed by atoms with E-state index in [1.165, 1.54) is 6.07 Å². The van der Waals surface area contributed by atoms with E-state index in [9.17, 15) is 4.39 Å². The molecule has 0 saturated carbocycles. The third kappa shape index (κ3) is 2.05. The van der Waals surface area contributed by atoms with E-state index in [1.54, 1.807) is 6.07 Å². The molecule has 2 rings (SSSR count). The third-order valence-corrected chi connectivity index (χ3v) is 3.36. The van der Waals surface area contributed by atoms with Crippen molar-refractivity contribution < 1.29 is 4.39 Å². The number of hydrogen-bond acceptors (Lipinski definition) is 2. The van der Waals surface area contributed by atoms with Gasteiger partial charge in [-0.2, -0.15) is 0 Å². The maximum atomic E-state index is 13.3. The molecule has 1 aliphatic heterocycles. The quantitative estimate of drug-likeness (QED) is 0.845. The Kier molecular flexibility index (Phi) is 3.44. The molecule has 0 fully saturated rings. The zero-order chi connectivity index (χ0) is 11.5. The van der Waals surface area contributed by atoms with E-state index in [4.69, 9.17) is 0 Å². The van der Waals surface area contributed by atoms with E-state index in [0.29, 0.717) is 6.04 Å². The molecule has 0 aromatic heterocycles. The summed E-state index contributed by atoms with van der Waals surface area (Å²) in [5, 5.41) is 3.33. The van der Waals surface area contributed by atoms with Gasteiger partial charge in [0.1, 0.15) is 5.82 Å². The fourth-order valence-electron chi connectivity index (χ4n) is 2.51. The number of benzene rings is 1. The van der Waals surface area contributed by atoms with Crippen LogP contribution in [0.25, 0.3) is 0 Å². The van der Waals surface area contributed by atoms with Gasteiger partial charge in [-0.15, -0.1) is 0 Å². The van der Waals surface area contributed by atoms with Gasteiger partial charge in [0.05, 0.1) is 0 Å². The van der Waals surface area contributed by atoms with Gasteiger partial charge in [0.15, 0.2) is 0 Å². The summed E-state index contributed by atoms with van der Waals surface area (Å²) in [5.41, 5.74) is 2.19. The number of anilines is 1. The molecule has 0 spiro atoms. The molecular formula is C13H19FN2. The summed E-state index contributed by atoms with van der Waals surface area (Å²) >= 11 is 0. The van der Waals surface area contributed by atoms with Crippen molar-refractivity contribution in [3.05, 3.63) is 29.6 Å². The Balaban J connectivity index is 2.34. The lowest BCUT2D eigenvalue weighted by molar-refractivity contribution is 0.208. The predicted octanol–water partition coefficient (Wildman–Crippen LogP) is 3.02. The zero-order valence-corrected chi connectivity index (χ0v) is 9.96. The maximum absolute atomic E-state index is 13.3. The smallest absolute Gasteiger partial charge is 0.123 e. The molecule has 3 heteroatoms. The van der Waals surface area contributed by atoms with Gasteiger partial charge in [-0.3, -0.25) is 4.90 Å². The standard InChI is InChI=1S/C13H19FN2/c1-3-16(4-2)13-7-8-15-12-6-5-10(14)9-11(12)13/h5-6,9,13,15H,3-4,7-8H2,1-2H3. The molecule has 0 radical (unpaired) electrons. The van der Waals surface area contributed by atoms with Crippen molar-refractivity contribution in [2.75, 3.05) is 25.0 Å². The zero-order valence-electron chi connectivity index (χ0n) is 9.96. The number of fused-ring (bicyclic) bond motifs is 1. The van der Waals surface area contributed by atoms with Gasteiger partial charge >= 0.3 is 0 Å². The largest absolute Gasteiger partial charge is 0.385 e. The minimum atomic E-state index is -0.139. The summed E-state index contributed by atoms with van der Waals surface area (Å²) < 4.78 is 13.3. The van der Waals surface area contributed by atoms with E-state index in [2.05, 4.69) is 24.1 Å². The third-order valence-electron chi connectivity index (χ3n) is 3.36. The molecule has 2 nitrogen and oxygen atoms in total. The summed E-state index contributed by atoms with van der Waals surface area (Å²) in [6, 6.07) is 5.41. The molecule has 1 N–H and O–H groups in total. The predicted molar refractivity (Wildman–Crippen MR) is 65.2 cm³/mol. The molecule has 1 unspecified atom stereocenters. The Morgan fingerprint density at radius 3 is 2.81 bits per heavy atom. The molecule has 1 aromatic rings. The van der Waals surface area contributed by atoms with Crippen molar-refractivity contribution in [1.29, 1.82) is 0 Å². The van der Waals surface area contributed by atoms with Gasteiger partial charge < -0.3 is 5.32 Å². The Bertz CT molecular complexity index is 361. The molecule has 1 atom stereocenters. The molecule has 88 valence electrons. The average molecular weight is 222 g/mol. The van der Waals surface area contributed by atoms with Crippen LogP contribution in [0.15, 0.2) is 18.2 Å². The average Bonchev–Trinajstić information content (AvgIpc) is 2.31. The van der Waals surface area contributed by atoms with Gasteiger partial charge in [-0.1, -0.05) is 13.8 Å². The van der Waals surface area contributed by atoms with Crippen molar-refractivity contribution in [1.82, 2.24) is 4.90 Å². The Labute approximate surface area is 96.5 Å². The van der Waals surface area contributed by atoms with E-state index >= 15 is 0 Å². The van der Waals surface area contributed by atoms with Crippen LogP contribution in [0.1, 0.15) is 31.9 Å². The summed E-state index contributed by atoms with van der Waals surface area (Å²) in [4.78, 5) is 2.39. The molecule has 1 aromatic carbocycles. The second kappa shape index (κ2) is 4.83. The lowest BCUT2D eigenvalue weighted by Crippen LogP contribution is -2.33. The summed E-state index contributed by atoms with van der Waals surface area (Å²) in [5.74, 6) is -0.139. The summed E-state index contributed by atoms with van der Waals surface area (Å²) in [6.07, 6.45) is 1.05. The molecule has 0 aliphatic carbocycles. The van der Waals surface area contributed by atoms with Crippen LogP contribution >= 0.6 is 0 Å². The van der Waals surface area contributed by atoms with Crippen LogP contribution < -0.4 is 5.32 Å². The molecule has 0 saturated heterocycles. The fourth-order valence-corrected chi connectivity index (χ4v) is 2.51. The Morgan fingerprint density at radius 2 is 2.12 bits per heavy atom. The van der Waals surface area contributed by atoms with Crippen LogP contribution in [-0.4, -0.2) is 24.5 Å². The first-order chi connectivity index (χ1) is 7.76. The van der Waals surface area contributed by atoms with Crippen molar-refractivity contribution >= 4 is 5.69 Å². The highest BCUT2D eigenvalue weighted by Gasteiger charge is 2.24. The molecule has 16 heavy (non-hydrogen) atoms. The summed E-state index contributed by atoms with van der Waals surface area (Å²) in [6.45, 7) is 7.31. The molecular weight excluding hydrogens is 203 g/mol. The first-order valence-corrected chi connectivity index (χ1v) is 6.03. The molecule has 1 heterocycles. The minimum Gasteiger partial charge on any atom is -0.385 e. The van der Waals surface area contributed by atoms with Crippen LogP contribution in [0, 0.1) is 5.82 Å². The Morgan fingerprint density at radius 1 is 1.38 bits per heavy atom. The van der Waals surface area contributed by atoms with E-state index in [-0.39, 0.29) is 5.82 Å². The fraction of sp³-hybridized carbons (Fsp3) is 0.538. The van der Waals surface area contributed by atoms with Crippen molar-refractivity contribution in [2.45, 2.75) is 26.3 Å². The molecule has 0 bridgehead atoms. The van der Waals surface area contributed by atoms with Crippen molar-refractivity contribution in [3.63, 3.8) is 0 Å². The van der Waals surface area contributed by atoms with E-state index in [0.717, 1.165) is 37.3 Å². The van der Waals surface area contributed by atoms with Crippen molar-refractivity contribution in [2.24, 2.45) is 0 Å². The van der Waals surface area contributed by atoms with Crippen LogP contribution in [0.2, 0.25) is 0 Å². The maximum Gasteiger partial charge on any atom is 0.123 e. The SMILES string of the molecule is CCN(CC)C1CCNc2ccc(F)cc21. The first kappa shape index (κ1) is 11.4. The number of nitrogens with zero attached hydrogens (tertiary/aromatic N) is 1. The molecule has 0 amide bonds. The van der Waals surface area contributed by atoms with Gasteiger partial charge in [0.2, 0.25) is 0 Å². The highest BCUT2D eigenvalue weighted by atomic mass is 19.1. The van der Waals surface area contributed by atoms with Gasteiger partial charge in [-0.05, 0) is 43.3 Å². The topological polar surface area (TPSA) is 15.3 Å². The first-order valence-electron chi connectivity index (χ1n) is 6.03. The van der Waals surface area contributed by atoms with Crippen LogP contribution in [0.5, 0.6) is 0 Å². The number of nitrogens with one attached hydrogen (secondary N) is 1. The van der Waals surface area contributed by atoms with Crippen LogP contribution in [0.4, 0.5) is 10.1 Å². The van der Waals surface area contributed by atoms with Crippen molar-refractivity contribution in [3.8, 4) is 0 Å². The van der Waals surface area contributed by atoms with Gasteiger partial charge in [0, 0.05) is 18.3 Å². The summed E-state index contributed by atoms with van der Waals surface area (Å²) in [7, 11) is 0. The monoisotopic (exact) mass is 222 g/mol. The second-order valence-corrected chi connectivity index (χ2v) is 4.18. The number of halogens is 1. The highest BCUT2D eigenvalue weighted by molar-refractivity contribution is 5.54.